The number of hydrogen-bond acceptors (Lipinski definition) is 4. The number of piperidine rings is 1. The van der Waals surface area contributed by atoms with Gasteiger partial charge >= 0.3 is 0 Å². The molecule has 1 aromatic carbocycles. The van der Waals surface area contributed by atoms with Crippen molar-refractivity contribution >= 4 is 33.2 Å². The second kappa shape index (κ2) is 8.25. The van der Waals surface area contributed by atoms with E-state index in [2.05, 4.69) is 10.2 Å². The third-order valence-electron chi connectivity index (χ3n) is 5.22. The molecule has 2 aliphatic heterocycles. The van der Waals surface area contributed by atoms with Gasteiger partial charge in [-0.3, -0.25) is 9.69 Å². The Morgan fingerprint density at radius 3 is 2.35 bits per heavy atom. The van der Waals surface area contributed by atoms with Gasteiger partial charge in [-0.1, -0.05) is 18.0 Å². The molecule has 1 unspecified atom stereocenters. The zero-order chi connectivity index (χ0) is 18.7. The quantitative estimate of drug-likeness (QED) is 0.826. The highest BCUT2D eigenvalue weighted by Gasteiger charge is 2.28. The fourth-order valence-electron chi connectivity index (χ4n) is 3.55. The Morgan fingerprint density at radius 1 is 1.08 bits per heavy atom. The van der Waals surface area contributed by atoms with Gasteiger partial charge in [0.25, 0.3) is 0 Å². The molecule has 0 radical (unpaired) electrons. The molecule has 2 heterocycles. The van der Waals surface area contributed by atoms with Gasteiger partial charge in [-0.2, -0.15) is 4.31 Å². The van der Waals surface area contributed by atoms with Crippen molar-refractivity contribution in [2.45, 2.75) is 50.0 Å². The van der Waals surface area contributed by atoms with Crippen LogP contribution in [-0.2, 0) is 14.8 Å². The van der Waals surface area contributed by atoms with Crippen LogP contribution in [-0.4, -0.2) is 55.8 Å². The van der Waals surface area contributed by atoms with Crippen molar-refractivity contribution in [3.63, 3.8) is 0 Å². The maximum Gasteiger partial charge on any atom is 0.243 e. The summed E-state index contributed by atoms with van der Waals surface area (Å²) in [6.45, 7) is 4.76. The van der Waals surface area contributed by atoms with E-state index in [1.165, 1.54) is 22.5 Å². The fourth-order valence-corrected chi connectivity index (χ4v) is 5.26. The van der Waals surface area contributed by atoms with Gasteiger partial charge in [0.05, 0.1) is 21.6 Å². The van der Waals surface area contributed by atoms with Crippen LogP contribution in [0.5, 0.6) is 0 Å². The lowest BCUT2D eigenvalue weighted by molar-refractivity contribution is -0.120. The van der Waals surface area contributed by atoms with Crippen molar-refractivity contribution < 1.29 is 13.2 Å². The van der Waals surface area contributed by atoms with Gasteiger partial charge in [0.15, 0.2) is 0 Å². The number of likely N-dealkylation sites (tertiary alicyclic amines) is 1. The van der Waals surface area contributed by atoms with Crippen molar-refractivity contribution in [1.29, 1.82) is 0 Å². The molecular weight excluding hydrogens is 374 g/mol. The van der Waals surface area contributed by atoms with E-state index in [9.17, 15) is 13.2 Å². The molecule has 1 N–H and O–H groups in total. The minimum absolute atomic E-state index is 0.165. The van der Waals surface area contributed by atoms with E-state index >= 15 is 0 Å². The number of sulfonamides is 1. The number of carbonyl (C=O) groups excluding carboxylic acids is 1. The molecule has 1 atom stereocenters. The minimum Gasteiger partial charge on any atom is -0.323 e. The lowest BCUT2D eigenvalue weighted by Gasteiger charge is -2.26. The monoisotopic (exact) mass is 399 g/mol. The van der Waals surface area contributed by atoms with Gasteiger partial charge in [0.1, 0.15) is 0 Å². The molecule has 2 saturated heterocycles. The van der Waals surface area contributed by atoms with Crippen molar-refractivity contribution in [2.24, 2.45) is 0 Å². The van der Waals surface area contributed by atoms with Gasteiger partial charge in [-0.15, -0.1) is 0 Å². The molecule has 26 heavy (non-hydrogen) atoms. The number of nitrogens with one attached hydrogen (secondary N) is 1. The average molecular weight is 400 g/mol. The van der Waals surface area contributed by atoms with Crippen LogP contribution in [0, 0.1) is 0 Å². The summed E-state index contributed by atoms with van der Waals surface area (Å²) in [5.41, 5.74) is 0.348. The normalized spacial score (nSPS) is 20.8. The molecule has 0 aliphatic carbocycles. The number of rotatable bonds is 5. The van der Waals surface area contributed by atoms with Gasteiger partial charge in [0, 0.05) is 13.1 Å². The van der Waals surface area contributed by atoms with E-state index in [4.69, 9.17) is 11.6 Å². The Balaban J connectivity index is 1.77. The van der Waals surface area contributed by atoms with Crippen LogP contribution in [0.4, 0.5) is 5.69 Å². The zero-order valence-electron chi connectivity index (χ0n) is 15.1. The summed E-state index contributed by atoms with van der Waals surface area (Å²) in [5, 5.41) is 3.14. The summed E-state index contributed by atoms with van der Waals surface area (Å²) in [7, 11) is -3.56. The molecule has 1 amide bonds. The molecule has 144 valence electrons. The summed E-state index contributed by atoms with van der Waals surface area (Å²) < 4.78 is 27.2. The number of carbonyl (C=O) groups is 1. The summed E-state index contributed by atoms with van der Waals surface area (Å²) >= 11 is 6.20. The predicted octanol–water partition coefficient (Wildman–Crippen LogP) is 2.94. The molecular formula is C18H26ClN3O3S. The Kier molecular flexibility index (Phi) is 6.22. The zero-order valence-corrected chi connectivity index (χ0v) is 16.7. The number of benzene rings is 1. The first-order valence-electron chi connectivity index (χ1n) is 9.24. The molecule has 6 nitrogen and oxygen atoms in total. The lowest BCUT2D eigenvalue weighted by Crippen LogP contribution is -2.40. The van der Waals surface area contributed by atoms with Crippen LogP contribution in [0.25, 0.3) is 0 Å². The van der Waals surface area contributed by atoms with Gasteiger partial charge in [0.2, 0.25) is 15.9 Å². The molecule has 0 spiro atoms. The molecule has 0 aromatic heterocycles. The summed E-state index contributed by atoms with van der Waals surface area (Å²) in [6.07, 6.45) is 5.01. The van der Waals surface area contributed by atoms with Gasteiger partial charge in [-0.25, -0.2) is 8.42 Å². The first-order valence-corrected chi connectivity index (χ1v) is 11.1. The Bertz CT molecular complexity index is 757. The van der Waals surface area contributed by atoms with E-state index in [-0.39, 0.29) is 16.8 Å². The van der Waals surface area contributed by atoms with Crippen molar-refractivity contribution in [3.8, 4) is 0 Å². The van der Waals surface area contributed by atoms with Crippen LogP contribution in [0.15, 0.2) is 23.1 Å². The van der Waals surface area contributed by atoms with Gasteiger partial charge in [-0.05, 0) is 63.9 Å². The lowest BCUT2D eigenvalue weighted by atomic mass is 10.2. The highest BCUT2D eigenvalue weighted by molar-refractivity contribution is 7.89. The second-order valence-electron chi connectivity index (χ2n) is 7.01. The van der Waals surface area contributed by atoms with E-state index in [0.717, 1.165) is 45.2 Å². The number of nitrogens with zero attached hydrogens (tertiary/aromatic N) is 2. The molecule has 8 heteroatoms. The third-order valence-corrected chi connectivity index (χ3v) is 7.44. The van der Waals surface area contributed by atoms with Crippen LogP contribution >= 0.6 is 11.6 Å². The Hall–Kier alpha value is -1.15. The van der Waals surface area contributed by atoms with Crippen LogP contribution in [0.1, 0.15) is 39.0 Å². The summed E-state index contributed by atoms with van der Waals surface area (Å²) in [4.78, 5) is 14.8. The van der Waals surface area contributed by atoms with E-state index < -0.39 is 10.0 Å². The van der Waals surface area contributed by atoms with Crippen LogP contribution < -0.4 is 5.32 Å². The number of halogens is 1. The maximum atomic E-state index is 12.8. The molecule has 2 aliphatic rings. The van der Waals surface area contributed by atoms with E-state index in [0.29, 0.717) is 23.8 Å². The molecule has 0 saturated carbocycles. The highest BCUT2D eigenvalue weighted by Crippen LogP contribution is 2.28. The maximum absolute atomic E-state index is 12.8. The molecule has 3 rings (SSSR count). The highest BCUT2D eigenvalue weighted by atomic mass is 35.5. The van der Waals surface area contributed by atoms with Crippen LogP contribution in [0.3, 0.4) is 0 Å². The SMILES string of the molecule is CC(C(=O)Nc1cc(S(=O)(=O)N2CCCCC2)ccc1Cl)N1CCCC1. The molecule has 2 fully saturated rings. The summed E-state index contributed by atoms with van der Waals surface area (Å²) in [5.74, 6) is -0.165. The van der Waals surface area contributed by atoms with E-state index in [1.807, 2.05) is 6.92 Å². The third kappa shape index (κ3) is 4.22. The van der Waals surface area contributed by atoms with Crippen molar-refractivity contribution in [3.05, 3.63) is 23.2 Å². The topological polar surface area (TPSA) is 69.7 Å². The van der Waals surface area contributed by atoms with E-state index in [1.54, 1.807) is 0 Å². The van der Waals surface area contributed by atoms with Crippen molar-refractivity contribution in [2.75, 3.05) is 31.5 Å². The number of hydrogen-bond donors (Lipinski definition) is 1. The fraction of sp³-hybridized carbons (Fsp3) is 0.611. The number of amides is 1. The summed E-state index contributed by atoms with van der Waals surface area (Å²) in [6, 6.07) is 4.25. The average Bonchev–Trinajstić information content (AvgIpc) is 3.18. The molecule has 1 aromatic rings. The predicted molar refractivity (Wildman–Crippen MR) is 103 cm³/mol. The molecule has 0 bridgehead atoms. The number of anilines is 1. The minimum atomic E-state index is -3.56. The van der Waals surface area contributed by atoms with Crippen molar-refractivity contribution in [1.82, 2.24) is 9.21 Å². The standard InChI is InChI=1S/C18H26ClN3O3S/c1-14(21-9-5-6-10-21)18(23)20-17-13-15(7-8-16(17)19)26(24,25)22-11-3-2-4-12-22/h7-8,13-14H,2-6,9-12H2,1H3,(H,20,23). The largest absolute Gasteiger partial charge is 0.323 e. The van der Waals surface area contributed by atoms with Gasteiger partial charge < -0.3 is 5.32 Å². The smallest absolute Gasteiger partial charge is 0.243 e. The first-order chi connectivity index (χ1) is 12.4. The Labute approximate surface area is 160 Å². The van der Waals surface area contributed by atoms with Crippen LogP contribution in [0.2, 0.25) is 5.02 Å². The Morgan fingerprint density at radius 2 is 1.69 bits per heavy atom. The second-order valence-corrected chi connectivity index (χ2v) is 9.36. The first kappa shape index (κ1) is 19.6.